The summed E-state index contributed by atoms with van der Waals surface area (Å²) in [6.07, 6.45) is 0.212. The summed E-state index contributed by atoms with van der Waals surface area (Å²) in [6, 6.07) is 21.1. The number of benzene rings is 3. The monoisotopic (exact) mass is 454 g/mol. The van der Waals surface area contributed by atoms with Gasteiger partial charge in [0.05, 0.1) is 17.3 Å². The molecular weight excluding hydrogens is 440 g/mol. The molecule has 0 unspecified atom stereocenters. The van der Waals surface area contributed by atoms with Crippen molar-refractivity contribution in [3.05, 3.63) is 92.9 Å². The number of hydrogen-bond acceptors (Lipinski definition) is 4. The van der Waals surface area contributed by atoms with E-state index in [0.29, 0.717) is 10.6 Å². The van der Waals surface area contributed by atoms with Crippen molar-refractivity contribution in [3.8, 4) is 11.5 Å². The largest absolute Gasteiger partial charge is 0.507 e. The average molecular weight is 456 g/mol. The first-order chi connectivity index (χ1) is 13.6. The van der Waals surface area contributed by atoms with Gasteiger partial charge in [0.2, 0.25) is 6.23 Å². The van der Waals surface area contributed by atoms with Gasteiger partial charge >= 0.3 is 0 Å². The fourth-order valence-electron chi connectivity index (χ4n) is 3.79. The zero-order valence-corrected chi connectivity index (χ0v) is 17.1. The Bertz CT molecular complexity index is 1090. The molecule has 0 radical (unpaired) electrons. The van der Waals surface area contributed by atoms with E-state index in [1.165, 1.54) is 0 Å². The molecule has 140 valence electrons. The number of rotatable bonds is 2. The van der Waals surface area contributed by atoms with Gasteiger partial charge in [-0.25, -0.2) is 5.01 Å². The van der Waals surface area contributed by atoms with Gasteiger partial charge in [0.1, 0.15) is 11.5 Å². The number of ether oxygens (including phenoxy) is 1. The molecule has 0 amide bonds. The van der Waals surface area contributed by atoms with Crippen LogP contribution in [0.4, 0.5) is 0 Å². The van der Waals surface area contributed by atoms with Crippen LogP contribution in [0.3, 0.4) is 0 Å². The number of nitrogens with zero attached hydrogens (tertiary/aromatic N) is 2. The van der Waals surface area contributed by atoms with Crippen LogP contribution in [0, 0.1) is 0 Å². The summed E-state index contributed by atoms with van der Waals surface area (Å²) in [5.41, 5.74) is 3.74. The molecule has 4 nitrogen and oxygen atoms in total. The number of hydrogen-bond donors (Lipinski definition) is 1. The van der Waals surface area contributed by atoms with Gasteiger partial charge in [-0.1, -0.05) is 57.9 Å². The average Bonchev–Trinajstić information content (AvgIpc) is 3.16. The van der Waals surface area contributed by atoms with E-state index in [1.807, 2.05) is 47.5 Å². The van der Waals surface area contributed by atoms with Crippen molar-refractivity contribution in [1.29, 1.82) is 0 Å². The van der Waals surface area contributed by atoms with Crippen LogP contribution in [0.2, 0.25) is 5.02 Å². The van der Waals surface area contributed by atoms with Crippen LogP contribution in [0.1, 0.15) is 35.4 Å². The summed E-state index contributed by atoms with van der Waals surface area (Å²) in [5, 5.41) is 18.0. The molecule has 0 fully saturated rings. The number of phenols is 1. The van der Waals surface area contributed by atoms with Crippen LogP contribution < -0.4 is 4.74 Å². The summed E-state index contributed by atoms with van der Waals surface area (Å²) in [7, 11) is 0. The second kappa shape index (κ2) is 6.83. The third kappa shape index (κ3) is 2.95. The zero-order chi connectivity index (χ0) is 19.3. The Morgan fingerprint density at radius 2 is 1.86 bits per heavy atom. The van der Waals surface area contributed by atoms with Crippen molar-refractivity contribution >= 4 is 33.2 Å². The Hall–Kier alpha value is -2.50. The van der Waals surface area contributed by atoms with Crippen LogP contribution in [-0.2, 0) is 0 Å². The van der Waals surface area contributed by atoms with E-state index < -0.39 is 6.23 Å². The highest BCUT2D eigenvalue weighted by Gasteiger charge is 2.42. The minimum atomic E-state index is -0.530. The summed E-state index contributed by atoms with van der Waals surface area (Å²) in [5.74, 6) is 0.937. The molecule has 2 heterocycles. The molecule has 0 saturated carbocycles. The topological polar surface area (TPSA) is 45.1 Å². The van der Waals surface area contributed by atoms with Gasteiger partial charge in [0.25, 0.3) is 0 Å². The molecule has 2 aliphatic rings. The van der Waals surface area contributed by atoms with E-state index in [2.05, 4.69) is 28.1 Å². The smallest absolute Gasteiger partial charge is 0.217 e. The highest BCUT2D eigenvalue weighted by atomic mass is 79.9. The lowest BCUT2D eigenvalue weighted by Crippen LogP contribution is -2.33. The van der Waals surface area contributed by atoms with Crippen molar-refractivity contribution in [2.24, 2.45) is 5.10 Å². The molecular formula is C22H16BrClN2O2. The normalized spacial score (nSPS) is 20.2. The lowest BCUT2D eigenvalue weighted by atomic mass is 9.96. The Morgan fingerprint density at radius 3 is 2.68 bits per heavy atom. The highest BCUT2D eigenvalue weighted by molar-refractivity contribution is 9.10. The summed E-state index contributed by atoms with van der Waals surface area (Å²) < 4.78 is 7.16. The van der Waals surface area contributed by atoms with Crippen molar-refractivity contribution in [2.45, 2.75) is 18.7 Å². The lowest BCUT2D eigenvalue weighted by Gasteiger charge is -2.38. The fraction of sp³-hybridized carbons (Fsp3) is 0.136. The van der Waals surface area contributed by atoms with Gasteiger partial charge in [-0.3, -0.25) is 0 Å². The Balaban J connectivity index is 1.64. The van der Waals surface area contributed by atoms with E-state index in [4.69, 9.17) is 21.4 Å². The maximum Gasteiger partial charge on any atom is 0.217 e. The third-order valence-electron chi connectivity index (χ3n) is 5.11. The first-order valence-corrected chi connectivity index (χ1v) is 10.1. The van der Waals surface area contributed by atoms with Gasteiger partial charge < -0.3 is 9.84 Å². The lowest BCUT2D eigenvalue weighted by molar-refractivity contribution is -0.0203. The van der Waals surface area contributed by atoms with Crippen LogP contribution in [0.5, 0.6) is 11.5 Å². The zero-order valence-electron chi connectivity index (χ0n) is 14.7. The second-order valence-electron chi connectivity index (χ2n) is 6.87. The maximum absolute atomic E-state index is 10.5. The molecule has 0 aromatic heterocycles. The Labute approximate surface area is 176 Å². The Morgan fingerprint density at radius 1 is 1.04 bits per heavy atom. The van der Waals surface area contributed by atoms with Crippen LogP contribution in [0.15, 0.2) is 76.3 Å². The van der Waals surface area contributed by atoms with Crippen molar-refractivity contribution in [2.75, 3.05) is 0 Å². The van der Waals surface area contributed by atoms with E-state index in [-0.39, 0.29) is 11.8 Å². The van der Waals surface area contributed by atoms with E-state index in [9.17, 15) is 5.11 Å². The van der Waals surface area contributed by atoms with Crippen LogP contribution in [-0.4, -0.2) is 15.8 Å². The number of hydrazone groups is 1. The second-order valence-corrected chi connectivity index (χ2v) is 8.22. The number of phenolic OH excluding ortho intramolecular Hbond substituents is 1. The minimum Gasteiger partial charge on any atom is -0.507 e. The first-order valence-electron chi connectivity index (χ1n) is 8.96. The molecule has 0 spiro atoms. The molecule has 3 aromatic rings. The first kappa shape index (κ1) is 17.6. The molecule has 3 aromatic carbocycles. The van der Waals surface area contributed by atoms with Crippen molar-refractivity contribution in [3.63, 3.8) is 0 Å². The molecule has 0 saturated heterocycles. The summed E-state index contributed by atoms with van der Waals surface area (Å²) in [4.78, 5) is 0. The Kier molecular flexibility index (Phi) is 4.29. The number of halogens is 2. The molecule has 0 bridgehead atoms. The van der Waals surface area contributed by atoms with Crippen LogP contribution >= 0.6 is 27.5 Å². The van der Waals surface area contributed by atoms with E-state index >= 15 is 0 Å². The predicted molar refractivity (Wildman–Crippen MR) is 113 cm³/mol. The SMILES string of the molecule is Oc1ccc(Br)cc1[C@@H]1Oc2ccc(Cl)cc2[C@@H]2CC(c3ccccc3)=NN21. The van der Waals surface area contributed by atoms with Crippen molar-refractivity contribution < 1.29 is 9.84 Å². The predicted octanol–water partition coefficient (Wildman–Crippen LogP) is 6.05. The maximum atomic E-state index is 10.5. The van der Waals surface area contributed by atoms with Crippen molar-refractivity contribution in [1.82, 2.24) is 5.01 Å². The molecule has 2 aliphatic heterocycles. The van der Waals surface area contributed by atoms with Gasteiger partial charge in [-0.2, -0.15) is 5.10 Å². The standard InChI is InChI=1S/C22H16BrClN2O2/c23-14-6-8-20(27)17(10-14)22-26-19(16-11-15(24)7-9-21(16)28-22)12-18(25-26)13-4-2-1-3-5-13/h1-11,19,22,27H,12H2/t19-,22-/m0/s1. The summed E-state index contributed by atoms with van der Waals surface area (Å²) in [6.45, 7) is 0. The number of aromatic hydroxyl groups is 1. The van der Waals surface area contributed by atoms with Gasteiger partial charge in [-0.15, -0.1) is 0 Å². The third-order valence-corrected chi connectivity index (χ3v) is 5.84. The fourth-order valence-corrected chi connectivity index (χ4v) is 4.35. The molecule has 28 heavy (non-hydrogen) atoms. The minimum absolute atomic E-state index is 0.0129. The van der Waals surface area contributed by atoms with Crippen LogP contribution in [0.25, 0.3) is 0 Å². The van der Waals surface area contributed by atoms with Gasteiger partial charge in [0, 0.05) is 21.5 Å². The molecule has 2 atom stereocenters. The van der Waals surface area contributed by atoms with Gasteiger partial charge in [0.15, 0.2) is 0 Å². The quantitative estimate of drug-likeness (QED) is 0.511. The summed E-state index contributed by atoms with van der Waals surface area (Å²) >= 11 is 9.75. The molecule has 6 heteroatoms. The molecule has 5 rings (SSSR count). The van der Waals surface area contributed by atoms with E-state index in [0.717, 1.165) is 33.5 Å². The molecule has 0 aliphatic carbocycles. The van der Waals surface area contributed by atoms with Gasteiger partial charge in [-0.05, 0) is 42.0 Å². The van der Waals surface area contributed by atoms with E-state index in [1.54, 1.807) is 12.1 Å². The highest BCUT2D eigenvalue weighted by Crippen LogP contribution is 2.49. The molecule has 1 N–H and O–H groups in total. The number of fused-ring (bicyclic) bond motifs is 3.